The minimum Gasteiger partial charge on any atom is -0.0897 e. The fourth-order valence-electron chi connectivity index (χ4n) is 0.517. The highest BCUT2D eigenvalue weighted by molar-refractivity contribution is 14.1. The molecular weight excluding hydrogens is 223 g/mol. The van der Waals surface area contributed by atoms with Crippen molar-refractivity contribution in [2.45, 2.75) is 26.7 Å². The third kappa shape index (κ3) is 8.21. The normalized spacial score (nSPS) is 8.78. The van der Waals surface area contributed by atoms with Gasteiger partial charge in [-0.1, -0.05) is 18.2 Å². The Labute approximate surface area is 71.2 Å². The van der Waals surface area contributed by atoms with E-state index in [1.54, 1.807) is 0 Å². The molecule has 9 heavy (non-hydrogen) atoms. The summed E-state index contributed by atoms with van der Waals surface area (Å²) in [4.78, 5) is 0. The summed E-state index contributed by atoms with van der Waals surface area (Å²) in [5.41, 5.74) is 1.40. The van der Waals surface area contributed by atoms with Gasteiger partial charge in [0.1, 0.15) is 0 Å². The van der Waals surface area contributed by atoms with E-state index in [4.69, 9.17) is 0 Å². The Kier molecular flexibility index (Phi) is 5.15. The molecule has 0 amide bonds. The molecule has 0 saturated heterocycles. The zero-order valence-corrected chi connectivity index (χ0v) is 8.23. The Bertz CT molecular complexity index is 119. The average Bonchev–Trinajstić information content (AvgIpc) is 1.63. The molecular formula is C8H13I. The number of hydrogen-bond donors (Lipinski definition) is 0. The molecule has 0 aromatic carbocycles. The maximum absolute atomic E-state index is 3.81. The summed E-state index contributed by atoms with van der Waals surface area (Å²) >= 11 is 2.27. The summed E-state index contributed by atoms with van der Waals surface area (Å²) < 4.78 is 1.24. The van der Waals surface area contributed by atoms with Crippen LogP contribution in [0.5, 0.6) is 0 Å². The van der Waals surface area contributed by atoms with E-state index in [9.17, 15) is 0 Å². The molecule has 0 spiro atoms. The van der Waals surface area contributed by atoms with Gasteiger partial charge in [-0.2, -0.15) is 0 Å². The third-order valence-electron chi connectivity index (χ3n) is 0.968. The van der Waals surface area contributed by atoms with Crippen LogP contribution in [0.2, 0.25) is 0 Å². The number of allylic oxidation sites excluding steroid dienone is 3. The molecule has 0 bridgehead atoms. The van der Waals surface area contributed by atoms with Gasteiger partial charge in [0.15, 0.2) is 0 Å². The van der Waals surface area contributed by atoms with Gasteiger partial charge < -0.3 is 0 Å². The van der Waals surface area contributed by atoms with Crippen LogP contribution < -0.4 is 0 Å². The first kappa shape index (κ1) is 9.21. The second-order valence-corrected chi connectivity index (χ2v) is 3.86. The summed E-state index contributed by atoms with van der Waals surface area (Å²) in [6, 6.07) is 0. The van der Waals surface area contributed by atoms with Crippen LogP contribution in [0.3, 0.4) is 0 Å². The van der Waals surface area contributed by atoms with Gasteiger partial charge in [0.25, 0.3) is 0 Å². The summed E-state index contributed by atoms with van der Waals surface area (Å²) in [5, 5.41) is 0. The van der Waals surface area contributed by atoms with E-state index in [0.29, 0.717) is 0 Å². The minimum atomic E-state index is 1.12. The van der Waals surface area contributed by atoms with E-state index < -0.39 is 0 Å². The first-order valence-corrected chi connectivity index (χ1v) is 4.17. The molecule has 0 atom stereocenters. The highest BCUT2D eigenvalue weighted by Gasteiger charge is 1.84. The van der Waals surface area contributed by atoms with E-state index >= 15 is 0 Å². The van der Waals surface area contributed by atoms with Crippen LogP contribution in [-0.2, 0) is 0 Å². The molecule has 0 aliphatic rings. The molecule has 0 radical (unpaired) electrons. The number of rotatable bonds is 3. The van der Waals surface area contributed by atoms with Gasteiger partial charge >= 0.3 is 0 Å². The maximum Gasteiger partial charge on any atom is -0.0163 e. The third-order valence-corrected chi connectivity index (χ3v) is 1.51. The predicted octanol–water partition coefficient (Wildman–Crippen LogP) is 3.68. The fraction of sp³-hybridized carbons (Fsp3) is 0.500. The zero-order chi connectivity index (χ0) is 7.28. The van der Waals surface area contributed by atoms with E-state index in [0.717, 1.165) is 12.8 Å². The molecule has 0 aromatic rings. The zero-order valence-electron chi connectivity index (χ0n) is 6.08. The Balaban J connectivity index is 3.31. The van der Waals surface area contributed by atoms with Crippen LogP contribution in [0.25, 0.3) is 0 Å². The lowest BCUT2D eigenvalue weighted by molar-refractivity contribution is 1.03. The van der Waals surface area contributed by atoms with Crippen LogP contribution in [0.15, 0.2) is 21.8 Å². The first-order chi connectivity index (χ1) is 4.13. The lowest BCUT2D eigenvalue weighted by atomic mass is 10.2. The molecule has 0 saturated carbocycles. The van der Waals surface area contributed by atoms with Crippen LogP contribution in [0.4, 0.5) is 0 Å². The molecule has 1 heteroatoms. The molecule has 0 unspecified atom stereocenters. The van der Waals surface area contributed by atoms with E-state index in [2.05, 4.69) is 49.1 Å². The summed E-state index contributed by atoms with van der Waals surface area (Å²) in [5.74, 6) is 0. The average molecular weight is 236 g/mol. The molecule has 0 heterocycles. The van der Waals surface area contributed by atoms with Crippen molar-refractivity contribution in [1.82, 2.24) is 0 Å². The molecule has 0 fully saturated rings. The SMILES string of the molecule is C=C(I)CCC=C(C)C. The van der Waals surface area contributed by atoms with Crippen LogP contribution in [-0.4, -0.2) is 0 Å². The van der Waals surface area contributed by atoms with Crippen molar-refractivity contribution in [3.8, 4) is 0 Å². The molecule has 0 aliphatic heterocycles. The lowest BCUT2D eigenvalue weighted by Gasteiger charge is -1.91. The van der Waals surface area contributed by atoms with Gasteiger partial charge in [0.2, 0.25) is 0 Å². The lowest BCUT2D eigenvalue weighted by Crippen LogP contribution is -1.69. The Morgan fingerprint density at radius 3 is 2.44 bits per heavy atom. The van der Waals surface area contributed by atoms with Crippen molar-refractivity contribution in [3.63, 3.8) is 0 Å². The molecule has 52 valence electrons. The van der Waals surface area contributed by atoms with Crippen molar-refractivity contribution in [3.05, 3.63) is 21.8 Å². The second kappa shape index (κ2) is 5.03. The summed E-state index contributed by atoms with van der Waals surface area (Å²) in [6.07, 6.45) is 4.50. The molecule has 0 aliphatic carbocycles. The topological polar surface area (TPSA) is 0 Å². The molecule has 0 rings (SSSR count). The van der Waals surface area contributed by atoms with Crippen molar-refractivity contribution in [2.24, 2.45) is 0 Å². The van der Waals surface area contributed by atoms with Gasteiger partial charge in [-0.25, -0.2) is 0 Å². The quantitative estimate of drug-likeness (QED) is 0.518. The molecule has 0 N–H and O–H groups in total. The van der Waals surface area contributed by atoms with Gasteiger partial charge in [-0.05, 0) is 52.9 Å². The van der Waals surface area contributed by atoms with Crippen molar-refractivity contribution in [1.29, 1.82) is 0 Å². The van der Waals surface area contributed by atoms with Crippen molar-refractivity contribution in [2.75, 3.05) is 0 Å². The standard InChI is InChI=1S/C8H13I/c1-7(2)5-4-6-8(3)9/h5H,3-4,6H2,1-2H3. The van der Waals surface area contributed by atoms with Crippen LogP contribution >= 0.6 is 22.6 Å². The van der Waals surface area contributed by atoms with Crippen LogP contribution in [0, 0.1) is 0 Å². The monoisotopic (exact) mass is 236 g/mol. The highest BCUT2D eigenvalue weighted by Crippen LogP contribution is 2.11. The van der Waals surface area contributed by atoms with Gasteiger partial charge in [-0.15, -0.1) is 0 Å². The van der Waals surface area contributed by atoms with E-state index in [-0.39, 0.29) is 0 Å². The van der Waals surface area contributed by atoms with Gasteiger partial charge in [0, 0.05) is 0 Å². The Hall–Kier alpha value is 0.210. The number of halogens is 1. The first-order valence-electron chi connectivity index (χ1n) is 3.09. The second-order valence-electron chi connectivity index (χ2n) is 2.34. The van der Waals surface area contributed by atoms with Crippen molar-refractivity contribution >= 4 is 22.6 Å². The summed E-state index contributed by atoms with van der Waals surface area (Å²) in [7, 11) is 0. The van der Waals surface area contributed by atoms with E-state index in [1.807, 2.05) is 0 Å². The molecule has 0 aromatic heterocycles. The Morgan fingerprint density at radius 1 is 1.56 bits per heavy atom. The van der Waals surface area contributed by atoms with E-state index in [1.165, 1.54) is 9.15 Å². The maximum atomic E-state index is 3.81. The van der Waals surface area contributed by atoms with Crippen molar-refractivity contribution < 1.29 is 0 Å². The predicted molar refractivity (Wildman–Crippen MR) is 51.8 cm³/mol. The molecule has 0 nitrogen and oxygen atoms in total. The van der Waals surface area contributed by atoms with Gasteiger partial charge in [0.05, 0.1) is 0 Å². The van der Waals surface area contributed by atoms with Gasteiger partial charge in [-0.3, -0.25) is 0 Å². The highest BCUT2D eigenvalue weighted by atomic mass is 127. The summed E-state index contributed by atoms with van der Waals surface area (Å²) in [6.45, 7) is 8.05. The van der Waals surface area contributed by atoms with Crippen LogP contribution in [0.1, 0.15) is 26.7 Å². The minimum absolute atomic E-state index is 1.12. The number of hydrogen-bond acceptors (Lipinski definition) is 0. The smallest absolute Gasteiger partial charge is 0.0163 e. The largest absolute Gasteiger partial charge is 0.0897 e. The fourth-order valence-corrected chi connectivity index (χ4v) is 0.829. The Morgan fingerprint density at radius 2 is 2.11 bits per heavy atom.